The van der Waals surface area contributed by atoms with E-state index in [4.69, 9.17) is 43.4 Å². The van der Waals surface area contributed by atoms with Gasteiger partial charge in [-0.2, -0.15) is 9.98 Å². The van der Waals surface area contributed by atoms with Gasteiger partial charge in [0.05, 0.1) is 58.0 Å². The van der Waals surface area contributed by atoms with Crippen molar-refractivity contribution < 1.29 is 28.8 Å². The van der Waals surface area contributed by atoms with Crippen molar-refractivity contribution in [1.29, 1.82) is 0 Å². The van der Waals surface area contributed by atoms with Crippen molar-refractivity contribution in [3.8, 4) is 23.0 Å². The van der Waals surface area contributed by atoms with Gasteiger partial charge in [0.25, 0.3) is 11.4 Å². The number of isothiocyanates is 2. The first kappa shape index (κ1) is 41.6. The molecule has 5 rings (SSSR count). The Morgan fingerprint density at radius 2 is 0.732 bits per heavy atom. The van der Waals surface area contributed by atoms with Crippen molar-refractivity contribution in [3.05, 3.63) is 113 Å². The third kappa shape index (κ3) is 10.0. The molecule has 0 aliphatic heterocycles. The minimum atomic E-state index is -0.411. The van der Waals surface area contributed by atoms with E-state index < -0.39 is 9.85 Å². The second-order valence-corrected chi connectivity index (χ2v) is 13.8. The van der Waals surface area contributed by atoms with Crippen LogP contribution in [0.1, 0.15) is 97.9 Å². The molecule has 0 N–H and O–H groups in total. The number of aliphatic imine (C=N–C) groups is 2. The highest BCUT2D eigenvalue weighted by atomic mass is 32.1. The number of hydrogen-bond acceptors (Lipinski definition) is 12. The predicted molar refractivity (Wildman–Crippen MR) is 223 cm³/mol. The molecule has 0 spiro atoms. The lowest BCUT2D eigenvalue weighted by atomic mass is 9.90. The molecular formula is C42H44N4O8S2. The zero-order chi connectivity index (χ0) is 40.2. The van der Waals surface area contributed by atoms with E-state index in [0.29, 0.717) is 131 Å². The minimum absolute atomic E-state index is 0.103. The standard InChI is InChI=1S/C42H44N4O8S2/c1-5-9-51-39-27-13-31-21-37(45(47)48)23-33(41(31)53-11-7-3)15-29-19-36(44-26-56)20-30(40(29)52-10-6-2)16-34-24-38(46(49)50)22-32(42(34)54-12-8-4)14-28(39)18-35(17-27)43-25-55/h17-24H,5-16H2,1-4H3. The van der Waals surface area contributed by atoms with Crippen molar-refractivity contribution in [1.82, 2.24) is 0 Å². The summed E-state index contributed by atoms with van der Waals surface area (Å²) in [5, 5.41) is 30.0. The molecule has 4 aromatic carbocycles. The Balaban J connectivity index is 1.97. The van der Waals surface area contributed by atoms with Crippen LogP contribution in [0, 0.1) is 20.2 Å². The van der Waals surface area contributed by atoms with E-state index in [1.54, 1.807) is 0 Å². The second-order valence-electron chi connectivity index (χ2n) is 13.4. The average Bonchev–Trinajstić information content (AvgIpc) is 3.16. The smallest absolute Gasteiger partial charge is 0.270 e. The molecule has 0 fully saturated rings. The molecule has 292 valence electrons. The molecule has 4 aromatic rings. The average molecular weight is 797 g/mol. The molecule has 0 saturated heterocycles. The molecule has 12 nitrogen and oxygen atoms in total. The highest BCUT2D eigenvalue weighted by Gasteiger charge is 2.27. The van der Waals surface area contributed by atoms with Crippen molar-refractivity contribution >= 4 is 57.5 Å². The van der Waals surface area contributed by atoms with E-state index in [1.807, 2.05) is 52.0 Å². The lowest BCUT2D eigenvalue weighted by Gasteiger charge is -2.23. The largest absolute Gasteiger partial charge is 0.493 e. The lowest BCUT2D eigenvalue weighted by molar-refractivity contribution is -0.385. The quantitative estimate of drug-likeness (QED) is 0.0409. The summed E-state index contributed by atoms with van der Waals surface area (Å²) in [6.45, 7) is 9.44. The van der Waals surface area contributed by atoms with Gasteiger partial charge in [-0.3, -0.25) is 20.2 Å². The Kier molecular flexibility index (Phi) is 14.8. The predicted octanol–water partition coefficient (Wildman–Crippen LogP) is 10.8. The van der Waals surface area contributed by atoms with Gasteiger partial charge in [0.1, 0.15) is 23.0 Å². The van der Waals surface area contributed by atoms with E-state index in [0.717, 1.165) is 0 Å². The van der Waals surface area contributed by atoms with Crippen molar-refractivity contribution in [3.63, 3.8) is 0 Å². The number of rotatable bonds is 16. The summed E-state index contributed by atoms with van der Waals surface area (Å²) in [5.74, 6) is 2.10. The summed E-state index contributed by atoms with van der Waals surface area (Å²) in [7, 11) is 0. The Bertz CT molecular complexity index is 1840. The van der Waals surface area contributed by atoms with Gasteiger partial charge < -0.3 is 18.9 Å². The first-order chi connectivity index (χ1) is 27.1. The van der Waals surface area contributed by atoms with Gasteiger partial charge >= 0.3 is 0 Å². The number of nitro groups is 2. The first-order valence-electron chi connectivity index (χ1n) is 18.7. The molecular weight excluding hydrogens is 753 g/mol. The van der Waals surface area contributed by atoms with Crippen molar-refractivity contribution in [2.24, 2.45) is 9.98 Å². The maximum atomic E-state index is 12.5. The summed E-state index contributed by atoms with van der Waals surface area (Å²) >= 11 is 10.0. The van der Waals surface area contributed by atoms with Crippen LogP contribution in [-0.4, -0.2) is 46.6 Å². The fraction of sp³-hybridized carbons (Fsp3) is 0.381. The molecule has 1 aliphatic rings. The maximum Gasteiger partial charge on any atom is 0.270 e. The highest BCUT2D eigenvalue weighted by molar-refractivity contribution is 7.78. The lowest BCUT2D eigenvalue weighted by Crippen LogP contribution is -2.11. The normalized spacial score (nSPS) is 11.8. The van der Waals surface area contributed by atoms with Gasteiger partial charge in [0.2, 0.25) is 0 Å². The number of nitro benzene ring substituents is 2. The molecule has 8 bridgehead atoms. The summed E-state index contributed by atoms with van der Waals surface area (Å²) < 4.78 is 25.9. The number of benzene rings is 4. The third-order valence-corrected chi connectivity index (χ3v) is 9.19. The van der Waals surface area contributed by atoms with E-state index in [-0.39, 0.29) is 37.1 Å². The highest BCUT2D eigenvalue weighted by Crippen LogP contribution is 2.43. The van der Waals surface area contributed by atoms with Crippen molar-refractivity contribution in [2.45, 2.75) is 79.1 Å². The van der Waals surface area contributed by atoms with E-state index in [2.05, 4.69) is 20.3 Å². The van der Waals surface area contributed by atoms with Gasteiger partial charge in [-0.1, -0.05) is 27.7 Å². The summed E-state index contributed by atoms with van der Waals surface area (Å²) in [6, 6.07) is 13.4. The summed E-state index contributed by atoms with van der Waals surface area (Å²) in [5.41, 5.74) is 5.73. The van der Waals surface area contributed by atoms with Crippen LogP contribution in [0.4, 0.5) is 22.7 Å². The van der Waals surface area contributed by atoms with Gasteiger partial charge in [0, 0.05) is 94.5 Å². The van der Waals surface area contributed by atoms with Crippen LogP contribution in [0.15, 0.2) is 58.5 Å². The molecule has 0 saturated carbocycles. The fourth-order valence-electron chi connectivity index (χ4n) is 6.82. The van der Waals surface area contributed by atoms with Crippen LogP contribution in [-0.2, 0) is 25.7 Å². The number of hydrogen-bond donors (Lipinski definition) is 0. The monoisotopic (exact) mass is 796 g/mol. The van der Waals surface area contributed by atoms with Crippen LogP contribution in [0.2, 0.25) is 0 Å². The molecule has 14 heteroatoms. The number of thiocarbonyl (C=S) groups is 2. The van der Waals surface area contributed by atoms with Crippen LogP contribution in [0.5, 0.6) is 23.0 Å². The SMILES string of the molecule is CCCOc1c2cc(N=C=S)cc1Cc1cc([N+](=O)[O-])cc(c1OCCC)Cc1cc(N=C=S)cc(c1OCCC)Cc1cc([N+](=O)[O-])cc(c1OCCC)C2. The topological polar surface area (TPSA) is 148 Å². The fourth-order valence-corrected chi connectivity index (χ4v) is 7.03. The summed E-state index contributed by atoms with van der Waals surface area (Å²) in [6.07, 6.45) is 3.46. The molecule has 0 unspecified atom stereocenters. The van der Waals surface area contributed by atoms with Crippen LogP contribution in [0.25, 0.3) is 0 Å². The number of ether oxygens (including phenoxy) is 4. The second kappa shape index (κ2) is 19.9. The number of nitrogens with zero attached hydrogens (tertiary/aromatic N) is 4. The van der Waals surface area contributed by atoms with Gasteiger partial charge in [-0.05, 0) is 74.4 Å². The molecule has 1 aliphatic carbocycles. The zero-order valence-electron chi connectivity index (χ0n) is 32.0. The molecule has 0 atom stereocenters. The molecule has 0 aromatic heterocycles. The van der Waals surface area contributed by atoms with E-state index >= 15 is 0 Å². The van der Waals surface area contributed by atoms with E-state index in [1.165, 1.54) is 24.3 Å². The maximum absolute atomic E-state index is 12.5. The number of fused-ring (bicyclic) bond motifs is 8. The zero-order valence-corrected chi connectivity index (χ0v) is 33.6. The molecule has 0 radical (unpaired) electrons. The van der Waals surface area contributed by atoms with Crippen molar-refractivity contribution in [2.75, 3.05) is 26.4 Å². The number of non-ortho nitro benzene ring substituents is 2. The Hall–Kier alpha value is -5.52. The Labute approximate surface area is 336 Å². The molecule has 0 heterocycles. The van der Waals surface area contributed by atoms with Gasteiger partial charge in [-0.15, -0.1) is 0 Å². The van der Waals surface area contributed by atoms with Crippen LogP contribution < -0.4 is 18.9 Å². The van der Waals surface area contributed by atoms with E-state index in [9.17, 15) is 20.2 Å². The minimum Gasteiger partial charge on any atom is -0.493 e. The third-order valence-electron chi connectivity index (χ3n) is 9.01. The van der Waals surface area contributed by atoms with Gasteiger partial charge in [0.15, 0.2) is 0 Å². The summed E-state index contributed by atoms with van der Waals surface area (Å²) in [4.78, 5) is 32.9. The Morgan fingerprint density at radius 1 is 0.500 bits per heavy atom. The van der Waals surface area contributed by atoms with Crippen LogP contribution in [0.3, 0.4) is 0 Å². The van der Waals surface area contributed by atoms with Gasteiger partial charge in [-0.25, -0.2) is 0 Å². The van der Waals surface area contributed by atoms with Crippen LogP contribution >= 0.6 is 24.4 Å². The first-order valence-corrected chi connectivity index (χ1v) is 19.5. The Morgan fingerprint density at radius 3 is 0.929 bits per heavy atom. The molecule has 56 heavy (non-hydrogen) atoms. The molecule has 0 amide bonds.